The zero-order valence-corrected chi connectivity index (χ0v) is 39.9. The summed E-state index contributed by atoms with van der Waals surface area (Å²) in [6.45, 7) is 12.0. The highest BCUT2D eigenvalue weighted by atomic mass is 16.5. The van der Waals surface area contributed by atoms with Crippen LogP contribution in [0.25, 0.3) is 22.3 Å². The second-order valence-electron chi connectivity index (χ2n) is 20.1. The van der Waals surface area contributed by atoms with Crippen molar-refractivity contribution in [3.63, 3.8) is 0 Å². The van der Waals surface area contributed by atoms with Crippen LogP contribution in [0.5, 0.6) is 0 Å². The number of fused-ring (bicyclic) bond motifs is 2. The average molecular weight is 916 g/mol. The topological polar surface area (TPSA) is 163 Å². The summed E-state index contributed by atoms with van der Waals surface area (Å²) in [4.78, 5) is 81.2. The van der Waals surface area contributed by atoms with Gasteiger partial charge in [-0.25, -0.2) is 4.79 Å². The summed E-state index contributed by atoms with van der Waals surface area (Å²) in [5.74, 6) is -1.31. The third kappa shape index (κ3) is 8.74. The summed E-state index contributed by atoms with van der Waals surface area (Å²) >= 11 is 0. The number of carbonyl (C=O) groups excluding carboxylic acids is 5. The van der Waals surface area contributed by atoms with E-state index in [1.54, 1.807) is 46.5 Å². The lowest BCUT2D eigenvalue weighted by atomic mass is 9.74. The number of nitrogens with one attached hydrogen (secondary N) is 3. The number of aromatic nitrogens is 2. The number of nitrogens with zero attached hydrogens (tertiary/aromatic N) is 4. The molecule has 5 aromatic rings. The van der Waals surface area contributed by atoms with Crippen molar-refractivity contribution < 1.29 is 28.7 Å². The fraction of sp³-hybridized carbons (Fsp3) is 0.400. The standard InChI is InChI=1S/C55H61N7O6/c1-33(34-15-9-7-10-16-34)51(65)61-25-13-19-42(61)49(63)58-38-27-36(29-56-31-38)44-40-21-23-55(4,5)47(40)45(41-22-24-54(2,3)46(41)44)37-28-39(32-57-30-37)59-50(64)43-20-14-26-62(43)52(66)48(60-53(67)68-6)35-17-11-8-12-18-35/h7-12,15-18,27-33,42-43,48H,13-14,19-26H2,1-6H3,(H,58,63)(H,59,64)(H,60,67)/t33-,42+,43+,48?/m1/s1. The third-order valence-corrected chi connectivity index (χ3v) is 14.8. The Morgan fingerprint density at radius 2 is 1.10 bits per heavy atom. The van der Waals surface area contributed by atoms with Crippen molar-refractivity contribution in [2.24, 2.45) is 0 Å². The Labute approximate surface area is 398 Å². The molecule has 4 aliphatic rings. The summed E-state index contributed by atoms with van der Waals surface area (Å²) in [6, 6.07) is 20.4. The molecule has 5 amide bonds. The van der Waals surface area contributed by atoms with Crippen molar-refractivity contribution >= 4 is 41.1 Å². The summed E-state index contributed by atoms with van der Waals surface area (Å²) in [7, 11) is 1.25. The molecule has 2 aliphatic carbocycles. The van der Waals surface area contributed by atoms with Gasteiger partial charge in [0, 0.05) is 36.6 Å². The van der Waals surface area contributed by atoms with Crippen molar-refractivity contribution in [1.82, 2.24) is 25.1 Å². The van der Waals surface area contributed by atoms with Gasteiger partial charge < -0.3 is 30.5 Å². The molecule has 0 saturated carbocycles. The number of rotatable bonds is 11. The summed E-state index contributed by atoms with van der Waals surface area (Å²) < 4.78 is 4.85. The van der Waals surface area contributed by atoms with E-state index in [0.717, 1.165) is 54.4 Å². The molecule has 0 bridgehead atoms. The number of alkyl carbamates (subject to hydrolysis) is 1. The molecule has 4 heterocycles. The van der Waals surface area contributed by atoms with E-state index in [4.69, 9.17) is 14.7 Å². The largest absolute Gasteiger partial charge is 0.453 e. The van der Waals surface area contributed by atoms with Gasteiger partial charge in [-0.05, 0) is 126 Å². The lowest BCUT2D eigenvalue weighted by Crippen LogP contribution is -2.48. The molecule has 4 atom stereocenters. The molecular weight excluding hydrogens is 855 g/mol. The molecule has 2 saturated heterocycles. The van der Waals surface area contributed by atoms with Gasteiger partial charge in [-0.1, -0.05) is 88.4 Å². The van der Waals surface area contributed by atoms with Crippen molar-refractivity contribution in [3.8, 4) is 22.3 Å². The lowest BCUT2D eigenvalue weighted by Gasteiger charge is -2.31. The van der Waals surface area contributed by atoms with E-state index in [0.29, 0.717) is 49.3 Å². The summed E-state index contributed by atoms with van der Waals surface area (Å²) in [5.41, 5.74) is 11.5. The molecule has 3 N–H and O–H groups in total. The first-order valence-electron chi connectivity index (χ1n) is 24.0. The van der Waals surface area contributed by atoms with Gasteiger partial charge in [0.05, 0.1) is 36.8 Å². The normalized spacial score (nSPS) is 19.7. The Hall–Kier alpha value is -6.89. The third-order valence-electron chi connectivity index (χ3n) is 14.8. The Morgan fingerprint density at radius 1 is 0.647 bits per heavy atom. The monoisotopic (exact) mass is 915 g/mol. The molecule has 9 rings (SSSR count). The number of carbonyl (C=O) groups is 5. The Bertz CT molecular complexity index is 2770. The van der Waals surface area contributed by atoms with Crippen molar-refractivity contribution in [1.29, 1.82) is 0 Å². The predicted molar refractivity (Wildman–Crippen MR) is 262 cm³/mol. The maximum atomic E-state index is 14.2. The van der Waals surface area contributed by atoms with Gasteiger partial charge in [-0.15, -0.1) is 0 Å². The number of amides is 5. The van der Waals surface area contributed by atoms with Crippen LogP contribution in [0, 0.1) is 0 Å². The average Bonchev–Trinajstić information content (AvgIpc) is 4.16. The number of hydrogen-bond acceptors (Lipinski definition) is 8. The van der Waals surface area contributed by atoms with Crippen LogP contribution in [-0.4, -0.2) is 81.8 Å². The number of hydrogen-bond donors (Lipinski definition) is 3. The second-order valence-corrected chi connectivity index (χ2v) is 20.1. The highest BCUT2D eigenvalue weighted by Crippen LogP contribution is 2.56. The zero-order valence-electron chi connectivity index (χ0n) is 39.9. The molecule has 3 aromatic carbocycles. The van der Waals surface area contributed by atoms with Gasteiger partial charge in [0.15, 0.2) is 0 Å². The van der Waals surface area contributed by atoms with Gasteiger partial charge in [0.25, 0.3) is 5.91 Å². The summed E-state index contributed by atoms with van der Waals surface area (Å²) in [6.07, 6.45) is 12.4. The van der Waals surface area contributed by atoms with Crippen LogP contribution < -0.4 is 16.0 Å². The van der Waals surface area contributed by atoms with Crippen molar-refractivity contribution in [2.45, 2.75) is 121 Å². The minimum Gasteiger partial charge on any atom is -0.453 e. The van der Waals surface area contributed by atoms with Crippen LogP contribution in [-0.2, 0) is 47.6 Å². The second kappa shape index (κ2) is 18.7. The molecule has 1 unspecified atom stereocenters. The first kappa shape index (κ1) is 46.2. The molecule has 0 radical (unpaired) electrons. The minimum atomic E-state index is -1.02. The number of benzene rings is 3. The molecule has 13 nitrogen and oxygen atoms in total. The van der Waals surface area contributed by atoms with E-state index >= 15 is 0 Å². The van der Waals surface area contributed by atoms with Gasteiger partial charge in [-0.3, -0.25) is 29.1 Å². The Kier molecular flexibility index (Phi) is 12.7. The van der Waals surface area contributed by atoms with Crippen LogP contribution in [0.4, 0.5) is 16.2 Å². The Morgan fingerprint density at radius 3 is 1.57 bits per heavy atom. The highest BCUT2D eigenvalue weighted by Gasteiger charge is 2.44. The summed E-state index contributed by atoms with van der Waals surface area (Å²) in [5, 5.41) is 8.94. The Balaban J connectivity index is 1.01. The van der Waals surface area contributed by atoms with Crippen LogP contribution in [0.2, 0.25) is 0 Å². The molecule has 2 fully saturated rings. The van der Waals surface area contributed by atoms with Crippen molar-refractivity contribution in [3.05, 3.63) is 131 Å². The van der Waals surface area contributed by atoms with Gasteiger partial charge in [0.1, 0.15) is 18.1 Å². The molecule has 68 heavy (non-hydrogen) atoms. The van der Waals surface area contributed by atoms with Crippen LogP contribution in [0.3, 0.4) is 0 Å². The van der Waals surface area contributed by atoms with E-state index in [-0.39, 0.29) is 40.4 Å². The number of ether oxygens (including phenoxy) is 1. The van der Waals surface area contributed by atoms with Gasteiger partial charge in [-0.2, -0.15) is 0 Å². The van der Waals surface area contributed by atoms with Gasteiger partial charge in [0.2, 0.25) is 17.7 Å². The van der Waals surface area contributed by atoms with Crippen LogP contribution in [0.1, 0.15) is 118 Å². The lowest BCUT2D eigenvalue weighted by molar-refractivity contribution is -0.138. The maximum absolute atomic E-state index is 14.2. The fourth-order valence-electron chi connectivity index (χ4n) is 11.4. The van der Waals surface area contributed by atoms with E-state index in [1.165, 1.54) is 34.9 Å². The molecule has 2 aliphatic heterocycles. The number of pyridine rings is 2. The van der Waals surface area contributed by atoms with Crippen molar-refractivity contribution in [2.75, 3.05) is 30.8 Å². The number of anilines is 2. The maximum Gasteiger partial charge on any atom is 0.407 e. The van der Waals surface area contributed by atoms with E-state index in [2.05, 4.69) is 43.6 Å². The van der Waals surface area contributed by atoms with Crippen LogP contribution >= 0.6 is 0 Å². The van der Waals surface area contributed by atoms with E-state index < -0.39 is 24.2 Å². The first-order chi connectivity index (χ1) is 32.7. The molecular formula is C55H61N7O6. The number of methoxy groups -OCH3 is 1. The predicted octanol–water partition coefficient (Wildman–Crippen LogP) is 9.02. The zero-order chi connectivity index (χ0) is 47.9. The number of likely N-dealkylation sites (tertiary alicyclic amines) is 2. The quantitative estimate of drug-likeness (QED) is 0.118. The molecule has 2 aromatic heterocycles. The van der Waals surface area contributed by atoms with Gasteiger partial charge >= 0.3 is 6.09 Å². The van der Waals surface area contributed by atoms with E-state index in [1.807, 2.05) is 67.8 Å². The van der Waals surface area contributed by atoms with E-state index in [9.17, 15) is 24.0 Å². The highest BCUT2D eigenvalue weighted by molar-refractivity contribution is 6.00. The smallest absolute Gasteiger partial charge is 0.407 e. The minimum absolute atomic E-state index is 0.0454. The SMILES string of the molecule is COC(=O)NC(C(=O)N1CCC[C@H]1C(=O)Nc1cncc(-c2c3c(c(-c4cncc(NC(=O)[C@@H]5CCCN5C(=O)[C@H](C)c5ccccc5)c4)c4c2C(C)(C)CC4)C(C)(C)CC3)c1)c1ccccc1. The molecule has 0 spiro atoms. The van der Waals surface area contributed by atoms with Crippen LogP contribution in [0.15, 0.2) is 97.6 Å². The first-order valence-corrected chi connectivity index (χ1v) is 24.0. The molecule has 352 valence electrons. The molecule has 13 heteroatoms. The fourth-order valence-corrected chi connectivity index (χ4v) is 11.4.